The van der Waals surface area contributed by atoms with Gasteiger partial charge in [0.1, 0.15) is 11.7 Å². The minimum absolute atomic E-state index is 0.0671. The van der Waals surface area contributed by atoms with Gasteiger partial charge in [0, 0.05) is 23.1 Å². The lowest BCUT2D eigenvalue weighted by molar-refractivity contribution is -0.142. The van der Waals surface area contributed by atoms with Crippen LogP contribution in [0.25, 0.3) is 11.1 Å². The molecule has 0 spiro atoms. The highest BCUT2D eigenvalue weighted by Gasteiger charge is 2.33. The molecule has 1 heterocycles. The summed E-state index contributed by atoms with van der Waals surface area (Å²) in [5.41, 5.74) is 0.637. The molecule has 0 fully saturated rings. The molecule has 0 unspecified atom stereocenters. The van der Waals surface area contributed by atoms with Crippen LogP contribution < -0.4 is 16.0 Å². The Kier molecular flexibility index (Phi) is 7.85. The van der Waals surface area contributed by atoms with E-state index < -0.39 is 41.1 Å². The lowest BCUT2D eigenvalue weighted by Gasteiger charge is -2.27. The van der Waals surface area contributed by atoms with Crippen LogP contribution in [0.15, 0.2) is 66.9 Å². The Balaban J connectivity index is 1.60. The number of halogens is 3. The number of aliphatic carboxylic acids is 1. The van der Waals surface area contributed by atoms with E-state index in [4.69, 9.17) is 0 Å². The average Bonchev–Trinajstić information content (AvgIpc) is 2.82. The van der Waals surface area contributed by atoms with Crippen LogP contribution in [0, 0.1) is 5.41 Å². The van der Waals surface area contributed by atoms with Crippen LogP contribution in [0.5, 0.6) is 0 Å². The number of pyridine rings is 1. The van der Waals surface area contributed by atoms with E-state index in [1.165, 1.54) is 12.3 Å². The van der Waals surface area contributed by atoms with Crippen LogP contribution in [0.4, 0.5) is 29.3 Å². The van der Waals surface area contributed by atoms with Crippen LogP contribution in [0.3, 0.4) is 0 Å². The molecule has 0 saturated carbocycles. The maximum absolute atomic E-state index is 12.6. The highest BCUT2D eigenvalue weighted by molar-refractivity contribution is 6.00. The highest BCUT2D eigenvalue weighted by Crippen LogP contribution is 2.30. The first kappa shape index (κ1) is 27.2. The number of carboxylic acid groups (broad SMARTS) is 1. The number of rotatable bonds is 6. The van der Waals surface area contributed by atoms with Gasteiger partial charge in [-0.1, -0.05) is 39.0 Å². The Labute approximate surface area is 210 Å². The second-order valence-electron chi connectivity index (χ2n) is 9.27. The van der Waals surface area contributed by atoms with Gasteiger partial charge in [-0.15, -0.1) is 0 Å². The van der Waals surface area contributed by atoms with Gasteiger partial charge in [0.25, 0.3) is 5.91 Å². The maximum Gasteiger partial charge on any atom is 0.416 e. The molecule has 4 N–H and O–H groups in total. The number of aromatic nitrogens is 1. The van der Waals surface area contributed by atoms with Crippen molar-refractivity contribution in [3.05, 3.63) is 78.1 Å². The predicted octanol–water partition coefficient (Wildman–Crippen LogP) is 5.64. The molecule has 8 nitrogen and oxygen atoms in total. The minimum Gasteiger partial charge on any atom is -0.480 e. The Hall–Kier alpha value is -4.41. The van der Waals surface area contributed by atoms with Crippen LogP contribution in [-0.4, -0.2) is 34.0 Å². The number of carboxylic acids is 1. The second-order valence-corrected chi connectivity index (χ2v) is 9.27. The van der Waals surface area contributed by atoms with Crippen LogP contribution >= 0.6 is 0 Å². The van der Waals surface area contributed by atoms with Gasteiger partial charge in [-0.25, -0.2) is 9.59 Å². The van der Waals surface area contributed by atoms with Crippen molar-refractivity contribution in [2.45, 2.75) is 33.0 Å². The van der Waals surface area contributed by atoms with E-state index in [9.17, 15) is 32.7 Å². The SMILES string of the molecule is CC(C)(C)[C@H](NC(=O)c1ccc(-c2ccc(NC(=O)Nc3ccc(C(F)(F)F)cc3)cc2)cn1)C(=O)O. The summed E-state index contributed by atoms with van der Waals surface area (Å²) >= 11 is 0. The summed E-state index contributed by atoms with van der Waals surface area (Å²) < 4.78 is 37.9. The summed E-state index contributed by atoms with van der Waals surface area (Å²) in [6, 6.07) is 12.2. The fraction of sp³-hybridized carbons (Fsp3) is 0.231. The molecule has 1 atom stereocenters. The van der Waals surface area contributed by atoms with Crippen LogP contribution in [-0.2, 0) is 11.0 Å². The highest BCUT2D eigenvalue weighted by atomic mass is 19.4. The molecule has 11 heteroatoms. The summed E-state index contributed by atoms with van der Waals surface area (Å²) in [5.74, 6) is -1.74. The summed E-state index contributed by atoms with van der Waals surface area (Å²) in [4.78, 5) is 40.2. The average molecular weight is 515 g/mol. The largest absolute Gasteiger partial charge is 0.480 e. The van der Waals surface area contributed by atoms with Crippen molar-refractivity contribution in [3.63, 3.8) is 0 Å². The van der Waals surface area contributed by atoms with Gasteiger partial charge in [0.15, 0.2) is 0 Å². The molecular weight excluding hydrogens is 489 g/mol. The first-order valence-corrected chi connectivity index (χ1v) is 11.1. The number of anilines is 2. The van der Waals surface area contributed by atoms with E-state index in [1.54, 1.807) is 51.1 Å². The summed E-state index contributed by atoms with van der Waals surface area (Å²) in [5, 5.41) is 16.9. The monoisotopic (exact) mass is 514 g/mol. The molecule has 1 aromatic heterocycles. The lowest BCUT2D eigenvalue weighted by atomic mass is 9.86. The normalized spacial score (nSPS) is 12.4. The number of hydrogen-bond donors (Lipinski definition) is 4. The van der Waals surface area contributed by atoms with Crippen molar-refractivity contribution in [1.82, 2.24) is 10.3 Å². The third-order valence-corrected chi connectivity index (χ3v) is 5.33. The third kappa shape index (κ3) is 7.29. The van der Waals surface area contributed by atoms with E-state index in [-0.39, 0.29) is 11.4 Å². The number of urea groups is 1. The van der Waals surface area contributed by atoms with Gasteiger partial charge >= 0.3 is 18.2 Å². The molecule has 3 amide bonds. The molecule has 2 aromatic carbocycles. The zero-order valence-corrected chi connectivity index (χ0v) is 20.2. The summed E-state index contributed by atoms with van der Waals surface area (Å²) in [6.45, 7) is 5.12. The number of hydrogen-bond acceptors (Lipinski definition) is 4. The van der Waals surface area contributed by atoms with Crippen molar-refractivity contribution in [2.24, 2.45) is 5.41 Å². The maximum atomic E-state index is 12.6. The smallest absolute Gasteiger partial charge is 0.416 e. The van der Waals surface area contributed by atoms with Gasteiger partial charge in [-0.05, 0) is 53.4 Å². The van der Waals surface area contributed by atoms with Gasteiger partial charge < -0.3 is 21.1 Å². The number of carbonyl (C=O) groups excluding carboxylic acids is 2. The molecular formula is C26H25F3N4O4. The van der Waals surface area contributed by atoms with Crippen LogP contribution in [0.2, 0.25) is 0 Å². The first-order chi connectivity index (χ1) is 17.2. The molecule has 0 aliphatic rings. The van der Waals surface area contributed by atoms with Gasteiger partial charge in [0.2, 0.25) is 0 Å². The Morgan fingerprint density at radius 3 is 1.76 bits per heavy atom. The van der Waals surface area contributed by atoms with Gasteiger partial charge in [-0.3, -0.25) is 9.78 Å². The molecule has 194 valence electrons. The quantitative estimate of drug-likeness (QED) is 0.339. The molecule has 3 aromatic rings. The first-order valence-electron chi connectivity index (χ1n) is 11.1. The zero-order valence-electron chi connectivity index (χ0n) is 20.2. The van der Waals surface area contributed by atoms with Crippen LogP contribution in [0.1, 0.15) is 36.8 Å². The van der Waals surface area contributed by atoms with Crippen molar-refractivity contribution in [1.29, 1.82) is 0 Å². The fourth-order valence-corrected chi connectivity index (χ4v) is 3.33. The molecule has 0 saturated heterocycles. The fourth-order valence-electron chi connectivity index (χ4n) is 3.33. The second kappa shape index (κ2) is 10.7. The molecule has 0 aliphatic heterocycles. The molecule has 3 rings (SSSR count). The van der Waals surface area contributed by atoms with Crippen molar-refractivity contribution in [3.8, 4) is 11.1 Å². The summed E-state index contributed by atoms with van der Waals surface area (Å²) in [6.07, 6.45) is -2.98. The van der Waals surface area contributed by atoms with Crippen molar-refractivity contribution < 1.29 is 32.7 Å². The zero-order chi connectivity index (χ0) is 27.4. The van der Waals surface area contributed by atoms with E-state index in [0.717, 1.165) is 29.8 Å². The van der Waals surface area contributed by atoms with E-state index in [2.05, 4.69) is 20.9 Å². The Bertz CT molecular complexity index is 1270. The van der Waals surface area contributed by atoms with Crippen molar-refractivity contribution in [2.75, 3.05) is 10.6 Å². The summed E-state index contributed by atoms with van der Waals surface area (Å²) in [7, 11) is 0. The minimum atomic E-state index is -4.46. The molecule has 0 radical (unpaired) electrons. The Morgan fingerprint density at radius 2 is 1.32 bits per heavy atom. The number of nitrogens with one attached hydrogen (secondary N) is 3. The van der Waals surface area contributed by atoms with E-state index in [1.807, 2.05) is 0 Å². The molecule has 0 aliphatic carbocycles. The van der Waals surface area contributed by atoms with Crippen molar-refractivity contribution >= 4 is 29.3 Å². The van der Waals surface area contributed by atoms with Gasteiger partial charge in [0.05, 0.1) is 5.56 Å². The number of alkyl halides is 3. The standard InChI is InChI=1S/C26H25F3N4O4/c1-25(2,3)21(23(35)36)33-22(34)20-13-6-16(14-30-20)15-4-9-18(10-5-15)31-24(37)32-19-11-7-17(8-12-19)26(27,28)29/h4-14,21H,1-3H3,(H,33,34)(H,35,36)(H2,31,32,37)/t21-/m1/s1. The number of amides is 3. The number of nitrogens with zero attached hydrogens (tertiary/aromatic N) is 1. The lowest BCUT2D eigenvalue weighted by Crippen LogP contribution is -2.49. The van der Waals surface area contributed by atoms with Gasteiger partial charge in [-0.2, -0.15) is 13.2 Å². The van der Waals surface area contributed by atoms with E-state index in [0.29, 0.717) is 11.3 Å². The topological polar surface area (TPSA) is 120 Å². The molecule has 37 heavy (non-hydrogen) atoms. The number of benzene rings is 2. The Morgan fingerprint density at radius 1 is 0.811 bits per heavy atom. The number of carbonyl (C=O) groups is 3. The predicted molar refractivity (Wildman–Crippen MR) is 132 cm³/mol. The third-order valence-electron chi connectivity index (χ3n) is 5.33. The van der Waals surface area contributed by atoms with E-state index >= 15 is 0 Å². The molecule has 0 bridgehead atoms.